The van der Waals surface area contributed by atoms with Crippen LogP contribution in [0.5, 0.6) is 0 Å². The number of fused-ring (bicyclic) bond motifs is 6. The van der Waals surface area contributed by atoms with Gasteiger partial charge in [0.2, 0.25) is 0 Å². The van der Waals surface area contributed by atoms with E-state index in [1.165, 1.54) is 0 Å². The molecule has 2 aromatic heterocycles. The molecule has 172 valence electrons. The number of hydrogen-bond donors (Lipinski definition) is 0. The fourth-order valence-corrected chi connectivity index (χ4v) is 5.14. The Morgan fingerprint density at radius 3 is 1.97 bits per heavy atom. The average molecular weight is 460 g/mol. The molecule has 35 heavy (non-hydrogen) atoms. The molecule has 0 atom stereocenters. The van der Waals surface area contributed by atoms with Crippen LogP contribution in [0.15, 0.2) is 87.7 Å². The maximum atomic E-state index is 6.45. The van der Waals surface area contributed by atoms with Gasteiger partial charge in [0.05, 0.1) is 11.2 Å². The Hall–Kier alpha value is -3.54. The molecule has 6 aromatic rings. The van der Waals surface area contributed by atoms with Crippen LogP contribution >= 0.6 is 0 Å². The molecule has 0 unspecified atom stereocenters. The van der Waals surface area contributed by atoms with E-state index >= 15 is 0 Å². The third-order valence-corrected chi connectivity index (χ3v) is 7.75. The standard InChI is InChI=1S/C30H25BO4/c1-29(2)30(3,4)35-31(34-29)23-16-15-19(27-22-10-6-8-12-25(22)33-28(23)27)18-13-14-21-20-9-5-7-11-24(20)32-26(21)17-18/h5-17H,1-4H3. The zero-order chi connectivity index (χ0) is 23.9. The third kappa shape index (κ3) is 2.95. The summed E-state index contributed by atoms with van der Waals surface area (Å²) >= 11 is 0. The average Bonchev–Trinajstić information content (AvgIpc) is 3.47. The molecule has 0 aliphatic carbocycles. The predicted molar refractivity (Wildman–Crippen MR) is 142 cm³/mol. The summed E-state index contributed by atoms with van der Waals surface area (Å²) in [6, 6.07) is 27.0. The zero-order valence-electron chi connectivity index (χ0n) is 20.2. The number of para-hydroxylation sites is 2. The number of furan rings is 2. The van der Waals surface area contributed by atoms with E-state index in [4.69, 9.17) is 18.1 Å². The molecule has 1 saturated heterocycles. The number of hydrogen-bond acceptors (Lipinski definition) is 4. The molecule has 0 bridgehead atoms. The summed E-state index contributed by atoms with van der Waals surface area (Å²) in [5.74, 6) is 0. The molecule has 1 fully saturated rings. The smallest absolute Gasteiger partial charge is 0.456 e. The summed E-state index contributed by atoms with van der Waals surface area (Å²) in [4.78, 5) is 0. The van der Waals surface area contributed by atoms with Gasteiger partial charge < -0.3 is 18.1 Å². The molecule has 0 radical (unpaired) electrons. The van der Waals surface area contributed by atoms with Crippen molar-refractivity contribution in [2.75, 3.05) is 0 Å². The summed E-state index contributed by atoms with van der Waals surface area (Å²) in [6.07, 6.45) is 0. The Labute approximate surface area is 203 Å². The van der Waals surface area contributed by atoms with Gasteiger partial charge in [0.15, 0.2) is 0 Å². The Balaban J connectivity index is 1.47. The first-order valence-electron chi connectivity index (χ1n) is 12.0. The minimum atomic E-state index is -0.505. The van der Waals surface area contributed by atoms with Crippen molar-refractivity contribution in [1.29, 1.82) is 0 Å². The lowest BCUT2D eigenvalue weighted by Crippen LogP contribution is -2.41. The fourth-order valence-electron chi connectivity index (χ4n) is 5.14. The zero-order valence-corrected chi connectivity index (χ0v) is 20.2. The summed E-state index contributed by atoms with van der Waals surface area (Å²) in [6.45, 7) is 8.28. The Kier molecular flexibility index (Phi) is 4.16. The SMILES string of the molecule is CC1(C)OB(c2ccc(-c3ccc4c(c3)oc3ccccc34)c3c2oc2ccccc23)OC1(C)C. The van der Waals surface area contributed by atoms with Gasteiger partial charge in [-0.1, -0.05) is 54.6 Å². The molecule has 1 aliphatic heterocycles. The predicted octanol–water partition coefficient (Wildman–Crippen LogP) is 7.45. The molecule has 0 N–H and O–H groups in total. The molecule has 7 rings (SSSR count). The van der Waals surface area contributed by atoms with E-state index < -0.39 is 18.3 Å². The minimum absolute atomic E-state index is 0.430. The monoisotopic (exact) mass is 460 g/mol. The lowest BCUT2D eigenvalue weighted by atomic mass is 9.77. The summed E-state index contributed by atoms with van der Waals surface area (Å²) in [5.41, 5.74) is 5.63. The van der Waals surface area contributed by atoms with Crippen LogP contribution in [0, 0.1) is 0 Å². The molecule has 3 heterocycles. The van der Waals surface area contributed by atoms with Gasteiger partial charge in [-0.2, -0.15) is 0 Å². The first kappa shape index (κ1) is 20.8. The van der Waals surface area contributed by atoms with Gasteiger partial charge >= 0.3 is 7.12 Å². The van der Waals surface area contributed by atoms with Crippen molar-refractivity contribution >= 4 is 56.5 Å². The molecule has 5 heteroatoms. The van der Waals surface area contributed by atoms with Crippen LogP contribution in [-0.2, 0) is 9.31 Å². The maximum absolute atomic E-state index is 6.45. The Morgan fingerprint density at radius 2 is 1.23 bits per heavy atom. The Bertz CT molecular complexity index is 1760. The second-order valence-corrected chi connectivity index (χ2v) is 10.4. The fraction of sp³-hybridized carbons (Fsp3) is 0.200. The van der Waals surface area contributed by atoms with Crippen molar-refractivity contribution in [3.05, 3.63) is 78.9 Å². The van der Waals surface area contributed by atoms with Gasteiger partial charge in [0, 0.05) is 27.0 Å². The minimum Gasteiger partial charge on any atom is -0.456 e. The second kappa shape index (κ2) is 7.00. The molecule has 0 amide bonds. The molecular formula is C30H25BO4. The number of rotatable bonds is 2. The van der Waals surface area contributed by atoms with Gasteiger partial charge in [0.25, 0.3) is 0 Å². The van der Waals surface area contributed by atoms with Crippen molar-refractivity contribution in [2.45, 2.75) is 38.9 Å². The van der Waals surface area contributed by atoms with Gasteiger partial charge in [-0.25, -0.2) is 0 Å². The van der Waals surface area contributed by atoms with Crippen LogP contribution in [-0.4, -0.2) is 18.3 Å². The normalized spacial score (nSPS) is 17.3. The first-order valence-corrected chi connectivity index (χ1v) is 12.0. The highest BCUT2D eigenvalue weighted by Crippen LogP contribution is 2.41. The van der Waals surface area contributed by atoms with Crippen LogP contribution in [0.1, 0.15) is 27.7 Å². The van der Waals surface area contributed by atoms with E-state index in [2.05, 4.69) is 70.2 Å². The molecule has 0 saturated carbocycles. The maximum Gasteiger partial charge on any atom is 0.498 e. The summed E-state index contributed by atoms with van der Waals surface area (Å²) in [7, 11) is -0.505. The molecule has 0 spiro atoms. The quantitative estimate of drug-likeness (QED) is 0.252. The van der Waals surface area contributed by atoms with E-state index in [0.29, 0.717) is 0 Å². The van der Waals surface area contributed by atoms with E-state index in [1.54, 1.807) is 0 Å². The highest BCUT2D eigenvalue weighted by atomic mass is 16.7. The topological polar surface area (TPSA) is 44.7 Å². The van der Waals surface area contributed by atoms with Crippen molar-refractivity contribution in [3.63, 3.8) is 0 Å². The first-order chi connectivity index (χ1) is 16.8. The van der Waals surface area contributed by atoms with Gasteiger partial charge in [-0.05, 0) is 63.1 Å². The lowest BCUT2D eigenvalue weighted by molar-refractivity contribution is 0.00578. The van der Waals surface area contributed by atoms with Crippen LogP contribution in [0.4, 0.5) is 0 Å². The van der Waals surface area contributed by atoms with E-state index in [9.17, 15) is 0 Å². The van der Waals surface area contributed by atoms with Crippen LogP contribution in [0.3, 0.4) is 0 Å². The van der Waals surface area contributed by atoms with Gasteiger partial charge in [0.1, 0.15) is 22.3 Å². The molecule has 4 nitrogen and oxygen atoms in total. The largest absolute Gasteiger partial charge is 0.498 e. The van der Waals surface area contributed by atoms with Crippen molar-refractivity contribution in [3.8, 4) is 11.1 Å². The van der Waals surface area contributed by atoms with Crippen LogP contribution in [0.2, 0.25) is 0 Å². The molecule has 1 aliphatic rings. The lowest BCUT2D eigenvalue weighted by Gasteiger charge is -2.32. The van der Waals surface area contributed by atoms with Crippen LogP contribution < -0.4 is 5.46 Å². The summed E-state index contributed by atoms with van der Waals surface area (Å²) < 4.78 is 25.4. The van der Waals surface area contributed by atoms with Crippen LogP contribution in [0.25, 0.3) is 55.0 Å². The van der Waals surface area contributed by atoms with E-state index in [0.717, 1.165) is 60.5 Å². The second-order valence-electron chi connectivity index (χ2n) is 10.4. The molecular weight excluding hydrogens is 435 g/mol. The third-order valence-electron chi connectivity index (χ3n) is 7.75. The highest BCUT2D eigenvalue weighted by Gasteiger charge is 2.52. The summed E-state index contributed by atoms with van der Waals surface area (Å²) in [5, 5.41) is 4.37. The Morgan fingerprint density at radius 1 is 0.600 bits per heavy atom. The van der Waals surface area contributed by atoms with Crippen molar-refractivity contribution < 1.29 is 18.1 Å². The van der Waals surface area contributed by atoms with E-state index in [1.807, 2.05) is 36.4 Å². The van der Waals surface area contributed by atoms with E-state index in [-0.39, 0.29) is 0 Å². The highest BCUT2D eigenvalue weighted by molar-refractivity contribution is 6.65. The van der Waals surface area contributed by atoms with Gasteiger partial charge in [-0.15, -0.1) is 0 Å². The number of benzene rings is 4. The van der Waals surface area contributed by atoms with Crippen molar-refractivity contribution in [1.82, 2.24) is 0 Å². The molecule has 4 aromatic carbocycles. The van der Waals surface area contributed by atoms with Crippen molar-refractivity contribution in [2.24, 2.45) is 0 Å². The van der Waals surface area contributed by atoms with Gasteiger partial charge in [-0.3, -0.25) is 0 Å².